The third-order valence-electron chi connectivity index (χ3n) is 4.15. The van der Waals surface area contributed by atoms with Crippen molar-refractivity contribution in [1.82, 2.24) is 5.32 Å². The Hall–Kier alpha value is -0.455. The van der Waals surface area contributed by atoms with Gasteiger partial charge in [0.1, 0.15) is 0 Å². The minimum Gasteiger partial charge on any atom is -0.316 e. The molecule has 1 N–H and O–H groups in total. The van der Waals surface area contributed by atoms with E-state index in [0.717, 1.165) is 19.5 Å². The van der Waals surface area contributed by atoms with Crippen molar-refractivity contribution in [1.29, 1.82) is 0 Å². The van der Waals surface area contributed by atoms with Gasteiger partial charge in [0.05, 0.1) is 7.85 Å². The van der Waals surface area contributed by atoms with Gasteiger partial charge < -0.3 is 5.32 Å². The monoisotopic (exact) mass is 187 g/mol. The lowest BCUT2D eigenvalue weighted by molar-refractivity contribution is 0.262. The van der Waals surface area contributed by atoms with E-state index in [1.165, 1.54) is 25.7 Å². The molecule has 0 amide bonds. The summed E-state index contributed by atoms with van der Waals surface area (Å²) in [7, 11) is 6.47. The maximum atomic E-state index is 6.47. The van der Waals surface area contributed by atoms with E-state index in [9.17, 15) is 0 Å². The van der Waals surface area contributed by atoms with Crippen LogP contribution in [0, 0.1) is 5.41 Å². The van der Waals surface area contributed by atoms with Gasteiger partial charge in [-0.05, 0) is 42.6 Å². The van der Waals surface area contributed by atoms with Gasteiger partial charge in [0.15, 0.2) is 0 Å². The first kappa shape index (κ1) is 10.1. The fourth-order valence-corrected chi connectivity index (χ4v) is 3.23. The zero-order valence-corrected chi connectivity index (χ0v) is 8.81. The van der Waals surface area contributed by atoms with Crippen LogP contribution in [-0.4, -0.2) is 20.9 Å². The van der Waals surface area contributed by atoms with Gasteiger partial charge in [0.25, 0.3) is 0 Å². The molecule has 0 bridgehead atoms. The highest BCUT2D eigenvalue weighted by atomic mass is 15.0. The molecule has 2 unspecified atom stereocenters. The van der Waals surface area contributed by atoms with E-state index >= 15 is 0 Å². The Morgan fingerprint density at radius 2 is 2.29 bits per heavy atom. The van der Waals surface area contributed by atoms with E-state index in [0.29, 0.717) is 5.41 Å². The van der Waals surface area contributed by atoms with Gasteiger partial charge in [-0.2, -0.15) is 0 Å². The maximum Gasteiger partial charge on any atom is 0.0771 e. The average molecular weight is 187 g/mol. The van der Waals surface area contributed by atoms with Crippen LogP contribution in [0.1, 0.15) is 32.1 Å². The molecule has 1 nitrogen and oxygen atoms in total. The zero-order chi connectivity index (χ0) is 10.1. The molecule has 0 aromatic rings. The highest BCUT2D eigenvalue weighted by Crippen LogP contribution is 2.60. The second kappa shape index (κ2) is 3.60. The summed E-state index contributed by atoms with van der Waals surface area (Å²) in [6, 6.07) is 0. The minimum atomic E-state index is 0.0714. The number of allylic oxidation sites excluding steroid dienone is 1. The summed E-state index contributed by atoms with van der Waals surface area (Å²) in [6.45, 7) is 5.71. The molecule has 1 aliphatic carbocycles. The summed E-state index contributed by atoms with van der Waals surface area (Å²) in [5.74, 6) is 0. The quantitative estimate of drug-likeness (QED) is 0.527. The molecule has 0 aromatic heterocycles. The number of fused-ring (bicyclic) bond motifs is 1. The second-order valence-corrected chi connectivity index (χ2v) is 4.84. The highest BCUT2D eigenvalue weighted by molar-refractivity contribution is 6.16. The van der Waals surface area contributed by atoms with Crippen molar-refractivity contribution in [2.45, 2.75) is 37.4 Å². The Balaban J connectivity index is 2.08. The van der Waals surface area contributed by atoms with Crippen molar-refractivity contribution in [3.05, 3.63) is 18.4 Å². The molecule has 2 radical (unpaired) electrons. The molecule has 2 aliphatic rings. The zero-order valence-electron chi connectivity index (χ0n) is 8.81. The minimum absolute atomic E-state index is 0.0714. The van der Waals surface area contributed by atoms with Crippen molar-refractivity contribution in [3.8, 4) is 0 Å². The lowest BCUT2D eigenvalue weighted by atomic mass is 9.54. The lowest BCUT2D eigenvalue weighted by Crippen LogP contribution is -2.30. The molecule has 2 fully saturated rings. The van der Waals surface area contributed by atoms with E-state index < -0.39 is 0 Å². The van der Waals surface area contributed by atoms with Crippen molar-refractivity contribution < 1.29 is 0 Å². The smallest absolute Gasteiger partial charge is 0.0771 e. The van der Waals surface area contributed by atoms with Crippen LogP contribution in [0.5, 0.6) is 0 Å². The lowest BCUT2D eigenvalue weighted by Gasteiger charge is -2.37. The summed E-state index contributed by atoms with van der Waals surface area (Å²) in [5, 5.41) is 3.53. The van der Waals surface area contributed by atoms with Crippen LogP contribution in [0.4, 0.5) is 0 Å². The topological polar surface area (TPSA) is 12.0 Å². The van der Waals surface area contributed by atoms with Crippen molar-refractivity contribution >= 4 is 7.85 Å². The maximum absolute atomic E-state index is 6.47. The molecule has 1 heterocycles. The molecule has 0 spiro atoms. The van der Waals surface area contributed by atoms with Crippen LogP contribution in [0.3, 0.4) is 0 Å². The molecule has 74 valence electrons. The van der Waals surface area contributed by atoms with Crippen molar-refractivity contribution in [2.24, 2.45) is 5.41 Å². The SMILES string of the molecule is [B]C12CCCC1(CCC=C=C)CNC2. The molecule has 1 saturated carbocycles. The van der Waals surface area contributed by atoms with Crippen molar-refractivity contribution in [2.75, 3.05) is 13.1 Å². The predicted octanol–water partition coefficient (Wildman–Crippen LogP) is 2.21. The molecule has 2 heteroatoms. The number of hydrogen-bond donors (Lipinski definition) is 1. The first-order valence-electron chi connectivity index (χ1n) is 5.56. The summed E-state index contributed by atoms with van der Waals surface area (Å²) < 4.78 is 0. The van der Waals surface area contributed by atoms with Crippen LogP contribution >= 0.6 is 0 Å². The van der Waals surface area contributed by atoms with Crippen LogP contribution in [0.15, 0.2) is 18.4 Å². The van der Waals surface area contributed by atoms with Gasteiger partial charge >= 0.3 is 0 Å². The summed E-state index contributed by atoms with van der Waals surface area (Å²) in [4.78, 5) is 0. The van der Waals surface area contributed by atoms with E-state index in [1.807, 2.05) is 6.08 Å². The van der Waals surface area contributed by atoms with E-state index in [1.54, 1.807) is 0 Å². The van der Waals surface area contributed by atoms with Crippen LogP contribution in [0.25, 0.3) is 0 Å². The number of nitrogens with one attached hydrogen (secondary N) is 1. The van der Waals surface area contributed by atoms with Gasteiger partial charge in [-0.1, -0.05) is 19.4 Å². The van der Waals surface area contributed by atoms with Gasteiger partial charge in [-0.3, -0.25) is 0 Å². The average Bonchev–Trinajstić information content (AvgIpc) is 2.58. The van der Waals surface area contributed by atoms with Crippen LogP contribution in [-0.2, 0) is 0 Å². The Morgan fingerprint density at radius 3 is 3.07 bits per heavy atom. The Labute approximate surface area is 88.1 Å². The number of rotatable bonds is 3. The predicted molar refractivity (Wildman–Crippen MR) is 60.5 cm³/mol. The fourth-order valence-electron chi connectivity index (χ4n) is 3.23. The molecule has 1 aliphatic heterocycles. The molecule has 14 heavy (non-hydrogen) atoms. The molecular weight excluding hydrogens is 169 g/mol. The fraction of sp³-hybridized carbons (Fsp3) is 0.750. The second-order valence-electron chi connectivity index (χ2n) is 4.84. The summed E-state index contributed by atoms with van der Waals surface area (Å²) in [5.41, 5.74) is 3.21. The van der Waals surface area contributed by atoms with Gasteiger partial charge in [0.2, 0.25) is 0 Å². The summed E-state index contributed by atoms with van der Waals surface area (Å²) >= 11 is 0. The third kappa shape index (κ3) is 1.38. The van der Waals surface area contributed by atoms with Gasteiger partial charge in [-0.15, -0.1) is 5.73 Å². The first-order chi connectivity index (χ1) is 6.72. The van der Waals surface area contributed by atoms with Crippen LogP contribution < -0.4 is 5.32 Å². The Kier molecular flexibility index (Phi) is 2.59. The first-order valence-corrected chi connectivity index (χ1v) is 5.56. The summed E-state index contributed by atoms with van der Waals surface area (Å²) in [6.07, 6.45) is 8.09. The molecule has 0 aromatic carbocycles. The third-order valence-corrected chi connectivity index (χ3v) is 4.15. The van der Waals surface area contributed by atoms with Gasteiger partial charge in [0, 0.05) is 6.54 Å². The highest BCUT2D eigenvalue weighted by Gasteiger charge is 2.53. The van der Waals surface area contributed by atoms with Crippen LogP contribution in [0.2, 0.25) is 5.31 Å². The standard InChI is InChI=1S/C12H18BN/c1-2-3-4-6-11-7-5-8-12(11,13)10-14-9-11/h3,14H,1,4-10H2. The number of hydrogen-bond acceptors (Lipinski definition) is 1. The Bertz CT molecular complexity index is 255. The van der Waals surface area contributed by atoms with E-state index in [2.05, 4.69) is 17.6 Å². The van der Waals surface area contributed by atoms with Gasteiger partial charge in [-0.25, -0.2) is 0 Å². The normalized spacial score (nSPS) is 40.6. The van der Waals surface area contributed by atoms with E-state index in [-0.39, 0.29) is 5.31 Å². The largest absolute Gasteiger partial charge is 0.316 e. The van der Waals surface area contributed by atoms with Crippen molar-refractivity contribution in [3.63, 3.8) is 0 Å². The molecule has 2 rings (SSSR count). The molecular formula is C12H18BN. The molecule has 2 atom stereocenters. The Morgan fingerprint density at radius 1 is 1.43 bits per heavy atom. The molecule has 1 saturated heterocycles. The van der Waals surface area contributed by atoms with E-state index in [4.69, 9.17) is 7.85 Å².